The number of rotatable bonds is 3. The highest BCUT2D eigenvalue weighted by molar-refractivity contribution is 5.87. The molecule has 0 unspecified atom stereocenters. The molecule has 1 fully saturated rings. The second-order valence-corrected chi connectivity index (χ2v) is 6.98. The van der Waals surface area contributed by atoms with Crippen LogP contribution in [-0.4, -0.2) is 11.2 Å². The molecular weight excluding hydrogens is 292 g/mol. The van der Waals surface area contributed by atoms with Crippen molar-refractivity contribution in [2.45, 2.75) is 44.1 Å². The number of aliphatic hydroxyl groups excluding tert-OH is 1. The Morgan fingerprint density at radius 2 is 1.54 bits per heavy atom. The number of benzene rings is 3. The van der Waals surface area contributed by atoms with E-state index in [0.717, 1.165) is 25.7 Å². The molecule has 1 N–H and O–H groups in total. The molecule has 4 rings (SSSR count). The molecule has 1 saturated carbocycles. The Morgan fingerprint density at radius 1 is 0.792 bits per heavy atom. The van der Waals surface area contributed by atoms with Gasteiger partial charge >= 0.3 is 0 Å². The average Bonchev–Trinajstić information content (AvgIpc) is 2.63. The van der Waals surface area contributed by atoms with Crippen LogP contribution >= 0.6 is 0 Å². The average molecular weight is 316 g/mol. The third-order valence-electron chi connectivity index (χ3n) is 5.40. The summed E-state index contributed by atoms with van der Waals surface area (Å²) in [5.74, 6) is 0.267. The summed E-state index contributed by atoms with van der Waals surface area (Å²) in [6.45, 7) is 0. The largest absolute Gasteiger partial charge is 0.392 e. The molecule has 3 aromatic rings. The normalized spacial score (nSPS) is 21.0. The summed E-state index contributed by atoms with van der Waals surface area (Å²) in [6.07, 6.45) is 5.12. The van der Waals surface area contributed by atoms with Crippen molar-refractivity contribution in [3.05, 3.63) is 83.4 Å². The van der Waals surface area contributed by atoms with Gasteiger partial charge in [-0.25, -0.2) is 0 Å². The van der Waals surface area contributed by atoms with E-state index >= 15 is 0 Å². The van der Waals surface area contributed by atoms with Gasteiger partial charge in [0.05, 0.1) is 6.10 Å². The van der Waals surface area contributed by atoms with Crippen LogP contribution in [0.1, 0.15) is 48.3 Å². The van der Waals surface area contributed by atoms with Crippen LogP contribution in [0.2, 0.25) is 0 Å². The van der Waals surface area contributed by atoms with E-state index < -0.39 is 0 Å². The third-order valence-corrected chi connectivity index (χ3v) is 5.40. The molecule has 0 heterocycles. The van der Waals surface area contributed by atoms with Crippen molar-refractivity contribution in [2.24, 2.45) is 0 Å². The van der Waals surface area contributed by atoms with Crippen molar-refractivity contribution in [3.63, 3.8) is 0 Å². The van der Waals surface area contributed by atoms with Gasteiger partial charge in [-0.1, -0.05) is 79.6 Å². The first-order valence-corrected chi connectivity index (χ1v) is 9.05. The molecule has 1 heteroatoms. The first-order chi connectivity index (χ1) is 11.8. The lowest BCUT2D eigenvalue weighted by atomic mass is 9.77. The molecule has 0 aromatic heterocycles. The number of fused-ring (bicyclic) bond motifs is 1. The Morgan fingerprint density at radius 3 is 2.38 bits per heavy atom. The molecule has 1 nitrogen and oxygen atoms in total. The van der Waals surface area contributed by atoms with E-state index in [0.29, 0.717) is 0 Å². The van der Waals surface area contributed by atoms with Crippen molar-refractivity contribution in [2.75, 3.05) is 0 Å². The van der Waals surface area contributed by atoms with Gasteiger partial charge in [0.25, 0.3) is 0 Å². The first-order valence-electron chi connectivity index (χ1n) is 9.05. The Hall–Kier alpha value is -2.12. The molecule has 3 aromatic carbocycles. The van der Waals surface area contributed by atoms with Crippen molar-refractivity contribution in [1.82, 2.24) is 0 Å². The van der Waals surface area contributed by atoms with Gasteiger partial charge in [-0.15, -0.1) is 0 Å². The standard InChI is InChI=1S/C23H24O/c24-22-13-7-6-12-21(22)23-19(16-17-8-2-1-3-9-17)15-14-18-10-4-5-11-20(18)23/h1-5,8-11,14-15,21-22,24H,6-7,12-13,16H2/t21-,22+/m1/s1. The number of hydrogen-bond acceptors (Lipinski definition) is 1. The molecule has 2 atom stereocenters. The van der Waals surface area contributed by atoms with E-state index in [9.17, 15) is 5.11 Å². The smallest absolute Gasteiger partial charge is 0.0609 e. The Balaban J connectivity index is 1.84. The van der Waals surface area contributed by atoms with Crippen LogP contribution in [0.5, 0.6) is 0 Å². The fourth-order valence-corrected chi connectivity index (χ4v) is 4.20. The van der Waals surface area contributed by atoms with Crippen LogP contribution in [0.15, 0.2) is 66.7 Å². The SMILES string of the molecule is O[C@H]1CCCC[C@H]1c1c(Cc2ccccc2)ccc2ccccc12. The van der Waals surface area contributed by atoms with Crippen molar-refractivity contribution in [3.8, 4) is 0 Å². The molecule has 1 aliphatic carbocycles. The summed E-state index contributed by atoms with van der Waals surface area (Å²) >= 11 is 0. The summed E-state index contributed by atoms with van der Waals surface area (Å²) in [5.41, 5.74) is 4.08. The monoisotopic (exact) mass is 316 g/mol. The van der Waals surface area contributed by atoms with Gasteiger partial charge in [-0.2, -0.15) is 0 Å². The highest BCUT2D eigenvalue weighted by atomic mass is 16.3. The van der Waals surface area contributed by atoms with Crippen molar-refractivity contribution in [1.29, 1.82) is 0 Å². The van der Waals surface area contributed by atoms with Crippen LogP contribution in [0.4, 0.5) is 0 Å². The molecule has 0 amide bonds. The van der Waals surface area contributed by atoms with Gasteiger partial charge in [0.2, 0.25) is 0 Å². The van der Waals surface area contributed by atoms with Crippen LogP contribution < -0.4 is 0 Å². The second-order valence-electron chi connectivity index (χ2n) is 6.98. The predicted octanol–water partition coefficient (Wildman–Crippen LogP) is 5.45. The lowest BCUT2D eigenvalue weighted by Gasteiger charge is -2.31. The maximum Gasteiger partial charge on any atom is 0.0609 e. The molecule has 0 radical (unpaired) electrons. The van der Waals surface area contributed by atoms with E-state index in [1.54, 1.807) is 0 Å². The van der Waals surface area contributed by atoms with Gasteiger partial charge in [0.15, 0.2) is 0 Å². The van der Waals surface area contributed by atoms with E-state index in [1.165, 1.54) is 33.9 Å². The quantitative estimate of drug-likeness (QED) is 0.681. The summed E-state index contributed by atoms with van der Waals surface area (Å²) in [7, 11) is 0. The zero-order valence-corrected chi connectivity index (χ0v) is 14.0. The van der Waals surface area contributed by atoms with E-state index in [-0.39, 0.29) is 12.0 Å². The molecule has 1 aliphatic rings. The van der Waals surface area contributed by atoms with Gasteiger partial charge in [0.1, 0.15) is 0 Å². The first kappa shape index (κ1) is 15.4. The van der Waals surface area contributed by atoms with Crippen LogP contribution in [0, 0.1) is 0 Å². The molecule has 0 saturated heterocycles. The summed E-state index contributed by atoms with van der Waals surface area (Å²) in [4.78, 5) is 0. The summed E-state index contributed by atoms with van der Waals surface area (Å²) in [5, 5.41) is 13.3. The molecule has 0 spiro atoms. The lowest BCUT2D eigenvalue weighted by Crippen LogP contribution is -2.24. The maximum absolute atomic E-state index is 10.7. The van der Waals surface area contributed by atoms with Crippen LogP contribution in [-0.2, 0) is 6.42 Å². The third kappa shape index (κ3) is 2.97. The Labute approximate surface area is 144 Å². The molecular formula is C23H24O. The van der Waals surface area contributed by atoms with Crippen LogP contribution in [0.25, 0.3) is 10.8 Å². The van der Waals surface area contributed by atoms with Crippen molar-refractivity contribution >= 4 is 10.8 Å². The Kier molecular flexibility index (Phi) is 4.36. The fraction of sp³-hybridized carbons (Fsp3) is 0.304. The molecule has 0 bridgehead atoms. The minimum absolute atomic E-state index is 0.209. The molecule has 24 heavy (non-hydrogen) atoms. The lowest BCUT2D eigenvalue weighted by molar-refractivity contribution is 0.106. The predicted molar refractivity (Wildman–Crippen MR) is 100 cm³/mol. The Bertz CT molecular complexity index is 822. The number of aliphatic hydroxyl groups is 1. The van der Waals surface area contributed by atoms with E-state index in [4.69, 9.17) is 0 Å². The molecule has 122 valence electrons. The van der Waals surface area contributed by atoms with E-state index in [2.05, 4.69) is 66.7 Å². The zero-order chi connectivity index (χ0) is 16.4. The maximum atomic E-state index is 10.7. The van der Waals surface area contributed by atoms with Gasteiger partial charge in [0, 0.05) is 5.92 Å². The zero-order valence-electron chi connectivity index (χ0n) is 14.0. The van der Waals surface area contributed by atoms with Crippen LogP contribution in [0.3, 0.4) is 0 Å². The van der Waals surface area contributed by atoms with Gasteiger partial charge < -0.3 is 5.11 Å². The highest BCUT2D eigenvalue weighted by Gasteiger charge is 2.27. The topological polar surface area (TPSA) is 20.2 Å². The second kappa shape index (κ2) is 6.78. The minimum Gasteiger partial charge on any atom is -0.392 e. The van der Waals surface area contributed by atoms with Gasteiger partial charge in [-0.3, -0.25) is 0 Å². The van der Waals surface area contributed by atoms with E-state index in [1.807, 2.05) is 0 Å². The fourth-order valence-electron chi connectivity index (χ4n) is 4.20. The number of hydrogen-bond donors (Lipinski definition) is 1. The highest BCUT2D eigenvalue weighted by Crippen LogP contribution is 2.39. The minimum atomic E-state index is -0.209. The van der Waals surface area contributed by atoms with Crippen molar-refractivity contribution < 1.29 is 5.11 Å². The summed E-state index contributed by atoms with van der Waals surface area (Å²) < 4.78 is 0. The summed E-state index contributed by atoms with van der Waals surface area (Å²) in [6, 6.07) is 23.8. The molecule has 0 aliphatic heterocycles. The van der Waals surface area contributed by atoms with Gasteiger partial charge in [-0.05, 0) is 46.7 Å².